The fourth-order valence-electron chi connectivity index (χ4n) is 3.19. The maximum absolute atomic E-state index is 4.30. The van der Waals surface area contributed by atoms with Gasteiger partial charge in [0.05, 0.1) is 6.54 Å². The van der Waals surface area contributed by atoms with Crippen molar-refractivity contribution in [1.82, 2.24) is 9.78 Å². The zero-order valence-corrected chi connectivity index (χ0v) is 12.1. The van der Waals surface area contributed by atoms with E-state index in [2.05, 4.69) is 41.6 Å². The molecular weight excluding hydrogens is 246 g/mol. The summed E-state index contributed by atoms with van der Waals surface area (Å²) in [4.78, 5) is 0. The van der Waals surface area contributed by atoms with Gasteiger partial charge in [-0.1, -0.05) is 31.0 Å². The smallest absolute Gasteiger partial charge is 0.0679 e. The summed E-state index contributed by atoms with van der Waals surface area (Å²) in [5.41, 5.74) is 2.56. The average molecular weight is 269 g/mol. The molecule has 3 nitrogen and oxygen atoms in total. The summed E-state index contributed by atoms with van der Waals surface area (Å²) in [6.07, 6.45) is 9.37. The first kappa shape index (κ1) is 13.2. The fraction of sp³-hybridized carbons (Fsp3) is 0.471. The van der Waals surface area contributed by atoms with Gasteiger partial charge >= 0.3 is 0 Å². The molecule has 20 heavy (non-hydrogen) atoms. The Morgan fingerprint density at radius 2 is 2.05 bits per heavy atom. The number of aromatic nitrogens is 2. The molecule has 3 heteroatoms. The van der Waals surface area contributed by atoms with Gasteiger partial charge in [-0.05, 0) is 43.4 Å². The van der Waals surface area contributed by atoms with E-state index in [1.807, 2.05) is 23.1 Å². The van der Waals surface area contributed by atoms with Crippen molar-refractivity contribution in [3.63, 3.8) is 0 Å². The van der Waals surface area contributed by atoms with Crippen LogP contribution >= 0.6 is 0 Å². The number of hydrogen-bond acceptors (Lipinski definition) is 2. The zero-order chi connectivity index (χ0) is 13.8. The van der Waals surface area contributed by atoms with Crippen LogP contribution in [0.2, 0.25) is 0 Å². The van der Waals surface area contributed by atoms with Crippen LogP contribution in [0, 0.1) is 5.92 Å². The quantitative estimate of drug-likeness (QED) is 0.891. The van der Waals surface area contributed by atoms with Crippen molar-refractivity contribution in [2.24, 2.45) is 5.92 Å². The van der Waals surface area contributed by atoms with Crippen LogP contribution in [0.3, 0.4) is 0 Å². The first-order valence-corrected chi connectivity index (χ1v) is 7.65. The summed E-state index contributed by atoms with van der Waals surface area (Å²) >= 11 is 0. The van der Waals surface area contributed by atoms with Crippen molar-refractivity contribution in [2.75, 3.05) is 5.32 Å². The monoisotopic (exact) mass is 269 g/mol. The second kappa shape index (κ2) is 6.12. The molecule has 1 saturated carbocycles. The summed E-state index contributed by atoms with van der Waals surface area (Å²) in [5.74, 6) is 0.827. The normalized spacial score (nSPS) is 17.2. The van der Waals surface area contributed by atoms with Crippen LogP contribution in [0.25, 0.3) is 0 Å². The Morgan fingerprint density at radius 3 is 2.80 bits per heavy atom. The van der Waals surface area contributed by atoms with Crippen molar-refractivity contribution in [3.8, 4) is 0 Å². The minimum absolute atomic E-state index is 0.552. The van der Waals surface area contributed by atoms with E-state index in [4.69, 9.17) is 0 Å². The van der Waals surface area contributed by atoms with Gasteiger partial charge in [-0.25, -0.2) is 0 Å². The highest BCUT2D eigenvalue weighted by Crippen LogP contribution is 2.30. The van der Waals surface area contributed by atoms with Crippen LogP contribution in [-0.2, 0) is 6.54 Å². The molecule has 1 fully saturated rings. The fourth-order valence-corrected chi connectivity index (χ4v) is 3.19. The Morgan fingerprint density at radius 1 is 1.25 bits per heavy atom. The van der Waals surface area contributed by atoms with Crippen molar-refractivity contribution in [3.05, 3.63) is 48.3 Å². The van der Waals surface area contributed by atoms with E-state index in [0.717, 1.165) is 12.5 Å². The predicted octanol–water partition coefficient (Wildman–Crippen LogP) is 3.92. The number of hydrogen-bond donors (Lipinski definition) is 1. The second-order valence-electron chi connectivity index (χ2n) is 5.84. The van der Waals surface area contributed by atoms with Gasteiger partial charge in [0.1, 0.15) is 0 Å². The maximum atomic E-state index is 4.30. The lowest BCUT2D eigenvalue weighted by molar-refractivity contribution is 0.481. The van der Waals surface area contributed by atoms with E-state index in [0.29, 0.717) is 6.04 Å². The van der Waals surface area contributed by atoms with E-state index in [9.17, 15) is 0 Å². The van der Waals surface area contributed by atoms with Crippen LogP contribution in [0.4, 0.5) is 5.69 Å². The van der Waals surface area contributed by atoms with Gasteiger partial charge in [0.25, 0.3) is 0 Å². The van der Waals surface area contributed by atoms with Crippen molar-refractivity contribution < 1.29 is 0 Å². The standard InChI is InChI=1S/C17H23N3/c1-14(15-7-2-3-8-15)19-17-10-5-4-9-16(17)13-20-12-6-11-18-20/h4-6,9-12,14-15,19H,2-3,7-8,13H2,1H3. The number of para-hydroxylation sites is 1. The molecule has 1 aliphatic carbocycles. The molecule has 0 saturated heterocycles. The van der Waals surface area contributed by atoms with E-state index in [1.165, 1.54) is 36.9 Å². The Balaban J connectivity index is 1.72. The van der Waals surface area contributed by atoms with Gasteiger partial charge in [-0.15, -0.1) is 0 Å². The third-order valence-electron chi connectivity index (χ3n) is 4.40. The topological polar surface area (TPSA) is 29.9 Å². The van der Waals surface area contributed by atoms with E-state index < -0.39 is 0 Å². The number of nitrogens with zero attached hydrogens (tertiary/aromatic N) is 2. The van der Waals surface area contributed by atoms with Crippen LogP contribution in [0.1, 0.15) is 38.2 Å². The van der Waals surface area contributed by atoms with Gasteiger partial charge < -0.3 is 5.32 Å². The largest absolute Gasteiger partial charge is 0.382 e. The third kappa shape index (κ3) is 3.03. The van der Waals surface area contributed by atoms with Crippen molar-refractivity contribution in [2.45, 2.75) is 45.2 Å². The Bertz CT molecular complexity index is 527. The Labute approximate surface area is 121 Å². The molecule has 1 aliphatic rings. The van der Waals surface area contributed by atoms with Gasteiger partial charge in [-0.3, -0.25) is 4.68 Å². The maximum Gasteiger partial charge on any atom is 0.0679 e. The minimum Gasteiger partial charge on any atom is -0.382 e. The summed E-state index contributed by atoms with van der Waals surface area (Å²) in [6, 6.07) is 11.1. The third-order valence-corrected chi connectivity index (χ3v) is 4.40. The lowest BCUT2D eigenvalue weighted by Gasteiger charge is -2.23. The summed E-state index contributed by atoms with van der Waals surface area (Å²) in [6.45, 7) is 3.15. The van der Waals surface area contributed by atoms with Crippen molar-refractivity contribution in [1.29, 1.82) is 0 Å². The molecule has 1 unspecified atom stereocenters. The highest BCUT2D eigenvalue weighted by Gasteiger charge is 2.21. The lowest BCUT2D eigenvalue weighted by atomic mass is 9.99. The second-order valence-corrected chi connectivity index (χ2v) is 5.84. The molecule has 1 atom stereocenters. The number of rotatable bonds is 5. The Hall–Kier alpha value is -1.77. The molecule has 1 N–H and O–H groups in total. The van der Waals surface area contributed by atoms with Crippen LogP contribution in [0.15, 0.2) is 42.7 Å². The number of benzene rings is 1. The molecule has 0 spiro atoms. The molecule has 0 amide bonds. The molecule has 106 valence electrons. The zero-order valence-electron chi connectivity index (χ0n) is 12.1. The Kier molecular flexibility index (Phi) is 4.05. The first-order valence-electron chi connectivity index (χ1n) is 7.65. The van der Waals surface area contributed by atoms with Gasteiger partial charge in [-0.2, -0.15) is 5.10 Å². The summed E-state index contributed by atoms with van der Waals surface area (Å²) in [5, 5.41) is 8.02. The van der Waals surface area contributed by atoms with Crippen LogP contribution in [0.5, 0.6) is 0 Å². The SMILES string of the molecule is CC(Nc1ccccc1Cn1cccn1)C1CCCC1. The van der Waals surface area contributed by atoms with Crippen molar-refractivity contribution >= 4 is 5.69 Å². The molecule has 1 heterocycles. The number of nitrogens with one attached hydrogen (secondary N) is 1. The summed E-state index contributed by atoms with van der Waals surface area (Å²) < 4.78 is 1.97. The van der Waals surface area contributed by atoms with Crippen LogP contribution < -0.4 is 5.32 Å². The predicted molar refractivity (Wildman–Crippen MR) is 82.8 cm³/mol. The highest BCUT2D eigenvalue weighted by atomic mass is 15.3. The highest BCUT2D eigenvalue weighted by molar-refractivity contribution is 5.51. The number of anilines is 1. The molecule has 2 aromatic rings. The first-order chi connectivity index (χ1) is 9.83. The van der Waals surface area contributed by atoms with Gasteiger partial charge in [0.2, 0.25) is 0 Å². The molecular formula is C17H23N3. The van der Waals surface area contributed by atoms with E-state index in [1.54, 1.807) is 0 Å². The van der Waals surface area contributed by atoms with Crippen LogP contribution in [-0.4, -0.2) is 15.8 Å². The molecule has 1 aromatic heterocycles. The lowest BCUT2D eigenvalue weighted by Crippen LogP contribution is -2.24. The van der Waals surface area contributed by atoms with E-state index >= 15 is 0 Å². The molecule has 0 radical (unpaired) electrons. The van der Waals surface area contributed by atoms with E-state index in [-0.39, 0.29) is 0 Å². The molecule has 3 rings (SSSR count). The molecule has 0 aliphatic heterocycles. The molecule has 1 aromatic carbocycles. The average Bonchev–Trinajstić information content (AvgIpc) is 3.13. The summed E-state index contributed by atoms with van der Waals surface area (Å²) in [7, 11) is 0. The minimum atomic E-state index is 0.552. The van der Waals surface area contributed by atoms with Gasteiger partial charge in [0, 0.05) is 24.1 Å². The molecule has 0 bridgehead atoms. The van der Waals surface area contributed by atoms with Gasteiger partial charge in [0.15, 0.2) is 0 Å².